The lowest BCUT2D eigenvalue weighted by Crippen LogP contribution is -2.06. The predicted molar refractivity (Wildman–Crippen MR) is 84.9 cm³/mol. The summed E-state index contributed by atoms with van der Waals surface area (Å²) in [5.41, 5.74) is 1.24. The van der Waals surface area contributed by atoms with Crippen LogP contribution in [0.3, 0.4) is 0 Å². The predicted octanol–water partition coefficient (Wildman–Crippen LogP) is 4.95. The Labute approximate surface area is 128 Å². The molecule has 0 fully saturated rings. The first-order chi connectivity index (χ1) is 9.61. The molecular formula is C15H9BrClNO2. The molecule has 0 bridgehead atoms. The quantitative estimate of drug-likeness (QED) is 0.665. The van der Waals surface area contributed by atoms with E-state index in [0.29, 0.717) is 16.3 Å². The second-order valence-electron chi connectivity index (χ2n) is 4.27. The molecule has 5 heteroatoms. The molecule has 0 aliphatic carbocycles. The molecular weight excluding hydrogens is 342 g/mol. The Hall–Kier alpha value is -1.78. The van der Waals surface area contributed by atoms with Gasteiger partial charge in [0.25, 0.3) is 0 Å². The van der Waals surface area contributed by atoms with E-state index in [-0.39, 0.29) is 0 Å². The molecule has 0 amide bonds. The summed E-state index contributed by atoms with van der Waals surface area (Å²) in [6, 6.07) is 14.4. The van der Waals surface area contributed by atoms with Crippen LogP contribution in [0.5, 0.6) is 0 Å². The Kier molecular flexibility index (Phi) is 3.51. The van der Waals surface area contributed by atoms with Crippen molar-refractivity contribution in [2.75, 3.05) is 5.32 Å². The van der Waals surface area contributed by atoms with Crippen molar-refractivity contribution in [1.29, 1.82) is 0 Å². The molecule has 1 N–H and O–H groups in total. The number of anilines is 2. The summed E-state index contributed by atoms with van der Waals surface area (Å²) in [5, 5.41) is 4.46. The summed E-state index contributed by atoms with van der Waals surface area (Å²) < 4.78 is 6.20. The van der Waals surface area contributed by atoms with Gasteiger partial charge in [-0.2, -0.15) is 0 Å². The van der Waals surface area contributed by atoms with Crippen molar-refractivity contribution >= 4 is 49.9 Å². The summed E-state index contributed by atoms with van der Waals surface area (Å²) >= 11 is 9.31. The Morgan fingerprint density at radius 1 is 1.10 bits per heavy atom. The van der Waals surface area contributed by atoms with E-state index in [1.54, 1.807) is 24.3 Å². The largest absolute Gasteiger partial charge is 0.421 e. The molecule has 0 aliphatic heterocycles. The van der Waals surface area contributed by atoms with Gasteiger partial charge in [0.05, 0.1) is 0 Å². The Morgan fingerprint density at radius 2 is 1.95 bits per heavy atom. The van der Waals surface area contributed by atoms with Gasteiger partial charge in [-0.3, -0.25) is 0 Å². The summed E-state index contributed by atoms with van der Waals surface area (Å²) in [6.45, 7) is 0. The van der Waals surface area contributed by atoms with Gasteiger partial charge in [0.15, 0.2) is 0 Å². The Morgan fingerprint density at radius 3 is 2.75 bits per heavy atom. The smallest absolute Gasteiger partial charge is 0.360 e. The van der Waals surface area contributed by atoms with Crippen molar-refractivity contribution in [3.05, 3.63) is 68.4 Å². The molecule has 0 atom stereocenters. The average Bonchev–Trinajstić information content (AvgIpc) is 2.40. The number of benzene rings is 2. The van der Waals surface area contributed by atoms with Crippen LogP contribution in [-0.2, 0) is 0 Å². The molecule has 3 nitrogen and oxygen atoms in total. The zero-order valence-corrected chi connectivity index (χ0v) is 12.5. The van der Waals surface area contributed by atoms with E-state index in [4.69, 9.17) is 16.0 Å². The van der Waals surface area contributed by atoms with Gasteiger partial charge in [-0.25, -0.2) is 4.79 Å². The minimum Gasteiger partial charge on any atom is -0.421 e. The Balaban J connectivity index is 2.07. The van der Waals surface area contributed by atoms with Gasteiger partial charge in [-0.1, -0.05) is 33.6 Å². The minimum atomic E-state index is -0.417. The zero-order valence-electron chi connectivity index (χ0n) is 10.2. The first-order valence-electron chi connectivity index (χ1n) is 5.88. The van der Waals surface area contributed by atoms with Crippen molar-refractivity contribution in [2.24, 2.45) is 0 Å². The van der Waals surface area contributed by atoms with Gasteiger partial charge in [0, 0.05) is 20.6 Å². The van der Waals surface area contributed by atoms with Crippen LogP contribution in [0.25, 0.3) is 11.0 Å². The number of nitrogens with one attached hydrogen (secondary N) is 1. The fraction of sp³-hybridized carbons (Fsp3) is 0. The molecule has 2 aromatic carbocycles. The number of hydrogen-bond donors (Lipinski definition) is 1. The highest BCUT2D eigenvalue weighted by atomic mass is 79.9. The highest BCUT2D eigenvalue weighted by Gasteiger charge is 2.06. The van der Waals surface area contributed by atoms with Crippen molar-refractivity contribution in [1.82, 2.24) is 0 Å². The molecule has 3 rings (SSSR count). The van der Waals surface area contributed by atoms with Crippen molar-refractivity contribution < 1.29 is 4.42 Å². The molecule has 1 heterocycles. The normalized spacial score (nSPS) is 10.7. The molecule has 100 valence electrons. The first-order valence-corrected chi connectivity index (χ1v) is 7.05. The summed E-state index contributed by atoms with van der Waals surface area (Å²) in [6.07, 6.45) is 0. The molecule has 3 aromatic rings. The third kappa shape index (κ3) is 2.71. The second-order valence-corrected chi connectivity index (χ2v) is 5.62. The van der Waals surface area contributed by atoms with E-state index >= 15 is 0 Å². The molecule has 0 radical (unpaired) electrons. The van der Waals surface area contributed by atoms with Crippen molar-refractivity contribution in [3.8, 4) is 0 Å². The lowest BCUT2D eigenvalue weighted by molar-refractivity contribution is 0.564. The van der Waals surface area contributed by atoms with Gasteiger partial charge < -0.3 is 9.73 Å². The second kappa shape index (κ2) is 5.31. The highest BCUT2D eigenvalue weighted by molar-refractivity contribution is 9.10. The lowest BCUT2D eigenvalue weighted by atomic mass is 10.2. The van der Waals surface area contributed by atoms with Crippen LogP contribution in [0, 0.1) is 0 Å². The fourth-order valence-corrected chi connectivity index (χ4v) is 2.47. The third-order valence-corrected chi connectivity index (χ3v) is 3.53. The molecule has 1 aromatic heterocycles. The van der Waals surface area contributed by atoms with Crippen LogP contribution in [0.1, 0.15) is 0 Å². The van der Waals surface area contributed by atoms with E-state index in [0.717, 1.165) is 15.5 Å². The van der Waals surface area contributed by atoms with Gasteiger partial charge in [0.2, 0.25) is 0 Å². The van der Waals surface area contributed by atoms with Crippen LogP contribution in [-0.4, -0.2) is 0 Å². The van der Waals surface area contributed by atoms with E-state index in [1.807, 2.05) is 24.3 Å². The van der Waals surface area contributed by atoms with Crippen LogP contribution < -0.4 is 10.9 Å². The lowest BCUT2D eigenvalue weighted by Gasteiger charge is -2.06. The third-order valence-electron chi connectivity index (χ3n) is 2.80. The van der Waals surface area contributed by atoms with Crippen LogP contribution in [0.4, 0.5) is 11.4 Å². The molecule has 0 saturated heterocycles. The highest BCUT2D eigenvalue weighted by Crippen LogP contribution is 2.23. The molecule has 0 unspecified atom stereocenters. The van der Waals surface area contributed by atoms with Crippen LogP contribution >= 0.6 is 27.5 Å². The number of halogens is 2. The maximum absolute atomic E-state index is 11.9. The summed E-state index contributed by atoms with van der Waals surface area (Å²) in [5.74, 6) is 0. The maximum atomic E-state index is 11.9. The number of fused-ring (bicyclic) bond motifs is 1. The SMILES string of the molecule is O=c1oc2ccc(Br)cc2cc1Nc1cccc(Cl)c1. The van der Waals surface area contributed by atoms with E-state index in [2.05, 4.69) is 21.2 Å². The van der Waals surface area contributed by atoms with Gasteiger partial charge in [-0.05, 0) is 42.5 Å². The number of hydrogen-bond acceptors (Lipinski definition) is 3. The summed E-state index contributed by atoms with van der Waals surface area (Å²) in [4.78, 5) is 11.9. The average molecular weight is 351 g/mol. The Bertz CT molecular complexity index is 845. The van der Waals surface area contributed by atoms with E-state index in [1.165, 1.54) is 0 Å². The fourth-order valence-electron chi connectivity index (χ4n) is 1.90. The van der Waals surface area contributed by atoms with E-state index in [9.17, 15) is 4.79 Å². The molecule has 20 heavy (non-hydrogen) atoms. The van der Waals surface area contributed by atoms with Crippen LogP contribution in [0.15, 0.2) is 62.2 Å². The monoisotopic (exact) mass is 349 g/mol. The van der Waals surface area contributed by atoms with Crippen molar-refractivity contribution in [2.45, 2.75) is 0 Å². The molecule has 0 aliphatic rings. The summed E-state index contributed by atoms with van der Waals surface area (Å²) in [7, 11) is 0. The van der Waals surface area contributed by atoms with Gasteiger partial charge in [0.1, 0.15) is 11.3 Å². The minimum absolute atomic E-state index is 0.373. The molecule has 0 spiro atoms. The first kappa shape index (κ1) is 13.2. The zero-order chi connectivity index (χ0) is 14.1. The maximum Gasteiger partial charge on any atom is 0.360 e. The standard InChI is InChI=1S/C15H9BrClNO2/c16-10-4-5-14-9(6-10)7-13(15(19)20-14)18-12-3-1-2-11(17)8-12/h1-8,18H. The molecule has 0 saturated carbocycles. The van der Waals surface area contributed by atoms with E-state index < -0.39 is 5.63 Å². The van der Waals surface area contributed by atoms with Gasteiger partial charge >= 0.3 is 5.63 Å². The number of rotatable bonds is 2. The van der Waals surface area contributed by atoms with Crippen molar-refractivity contribution in [3.63, 3.8) is 0 Å². The van der Waals surface area contributed by atoms with Crippen LogP contribution in [0.2, 0.25) is 5.02 Å². The van der Waals surface area contributed by atoms with Gasteiger partial charge in [-0.15, -0.1) is 0 Å². The topological polar surface area (TPSA) is 42.2 Å².